The fraction of sp³-hybridized carbons (Fsp3) is 0.333. The third-order valence-corrected chi connectivity index (χ3v) is 5.05. The van der Waals surface area contributed by atoms with Crippen LogP contribution in [0.4, 0.5) is 0 Å². The normalized spacial score (nSPS) is 10.9. The summed E-state index contributed by atoms with van der Waals surface area (Å²) in [7, 11) is 7.11. The first-order chi connectivity index (χ1) is 15.1. The number of imidazole rings is 1. The van der Waals surface area contributed by atoms with Gasteiger partial charge in [-0.25, -0.2) is 4.98 Å². The van der Waals surface area contributed by atoms with Gasteiger partial charge in [0, 0.05) is 20.6 Å². The molecule has 1 aromatic heterocycles. The van der Waals surface area contributed by atoms with E-state index in [9.17, 15) is 0 Å². The predicted molar refractivity (Wildman–Crippen MR) is 140 cm³/mol. The van der Waals surface area contributed by atoms with Crippen LogP contribution in [-0.2, 0) is 13.0 Å². The van der Waals surface area contributed by atoms with Gasteiger partial charge in [-0.05, 0) is 36.1 Å². The molecule has 7 nitrogen and oxygen atoms in total. The summed E-state index contributed by atoms with van der Waals surface area (Å²) in [6.45, 7) is 1.46. The standard InChI is InChI=1S/C24H31N5O2.HI/c1-25-24(26-14-8-9-18-12-13-21(30-3)22(15-18)31-4)29(2)17-23-27-16-20(28-23)19-10-6-5-7-11-19;/h5-7,10-13,15-16H,8-9,14,17H2,1-4H3,(H,25,26)(H,27,28);1H. The number of aryl methyl sites for hydroxylation is 1. The SMILES string of the molecule is CN=C(NCCCc1ccc(OC)c(OC)c1)N(C)Cc1ncc(-c2ccccc2)[nH]1.I. The number of aromatic amines is 1. The predicted octanol–water partition coefficient (Wildman–Crippen LogP) is 4.35. The number of hydrogen-bond acceptors (Lipinski definition) is 4. The molecular weight excluding hydrogens is 517 g/mol. The molecule has 0 unspecified atom stereocenters. The first-order valence-electron chi connectivity index (χ1n) is 10.4. The van der Waals surface area contributed by atoms with E-state index in [2.05, 4.69) is 43.4 Å². The number of methoxy groups -OCH3 is 2. The number of hydrogen-bond donors (Lipinski definition) is 2. The monoisotopic (exact) mass is 549 g/mol. The number of benzene rings is 2. The average Bonchev–Trinajstić information content (AvgIpc) is 3.27. The number of aromatic nitrogens is 2. The van der Waals surface area contributed by atoms with Crippen LogP contribution in [0.3, 0.4) is 0 Å². The topological polar surface area (TPSA) is 74.8 Å². The number of rotatable bonds is 9. The molecule has 2 N–H and O–H groups in total. The van der Waals surface area contributed by atoms with Crippen LogP contribution in [0.15, 0.2) is 59.7 Å². The molecule has 0 bridgehead atoms. The van der Waals surface area contributed by atoms with E-state index in [0.717, 1.165) is 53.9 Å². The Hall–Kier alpha value is -2.75. The van der Waals surface area contributed by atoms with E-state index in [1.54, 1.807) is 21.3 Å². The zero-order chi connectivity index (χ0) is 22.1. The molecule has 0 aliphatic carbocycles. The molecule has 0 spiro atoms. The Balaban J connectivity index is 0.00000363. The molecule has 0 amide bonds. The Morgan fingerprint density at radius 2 is 1.84 bits per heavy atom. The molecule has 172 valence electrons. The Morgan fingerprint density at radius 1 is 1.09 bits per heavy atom. The second kappa shape index (κ2) is 12.9. The molecule has 0 atom stereocenters. The Kier molecular flexibility index (Phi) is 10.3. The first-order valence-corrected chi connectivity index (χ1v) is 10.4. The highest BCUT2D eigenvalue weighted by atomic mass is 127. The molecule has 32 heavy (non-hydrogen) atoms. The summed E-state index contributed by atoms with van der Waals surface area (Å²) in [4.78, 5) is 14.4. The van der Waals surface area contributed by atoms with Gasteiger partial charge in [-0.2, -0.15) is 0 Å². The van der Waals surface area contributed by atoms with E-state index in [0.29, 0.717) is 6.54 Å². The fourth-order valence-electron chi connectivity index (χ4n) is 3.42. The van der Waals surface area contributed by atoms with E-state index in [-0.39, 0.29) is 24.0 Å². The molecule has 0 radical (unpaired) electrons. The van der Waals surface area contributed by atoms with Crippen molar-refractivity contribution in [3.63, 3.8) is 0 Å². The van der Waals surface area contributed by atoms with Gasteiger partial charge in [0.15, 0.2) is 17.5 Å². The van der Waals surface area contributed by atoms with Crippen molar-refractivity contribution in [2.75, 3.05) is 34.9 Å². The lowest BCUT2D eigenvalue weighted by Gasteiger charge is -2.21. The van der Waals surface area contributed by atoms with E-state index in [4.69, 9.17) is 9.47 Å². The quantitative estimate of drug-likeness (QED) is 0.180. The number of aliphatic imine (C=N–C) groups is 1. The van der Waals surface area contributed by atoms with Gasteiger partial charge in [0.2, 0.25) is 0 Å². The average molecular weight is 549 g/mol. The lowest BCUT2D eigenvalue weighted by molar-refractivity contribution is 0.354. The van der Waals surface area contributed by atoms with Crippen molar-refractivity contribution in [3.8, 4) is 22.8 Å². The van der Waals surface area contributed by atoms with Gasteiger partial charge < -0.3 is 24.7 Å². The minimum absolute atomic E-state index is 0. The number of H-pyrrole nitrogens is 1. The molecule has 0 aliphatic heterocycles. The second-order valence-electron chi connectivity index (χ2n) is 7.23. The van der Waals surface area contributed by atoms with Crippen molar-refractivity contribution < 1.29 is 9.47 Å². The summed E-state index contributed by atoms with van der Waals surface area (Å²) in [6.07, 6.45) is 3.78. The van der Waals surface area contributed by atoms with Crippen molar-refractivity contribution >= 4 is 29.9 Å². The third kappa shape index (κ3) is 6.88. The highest BCUT2D eigenvalue weighted by molar-refractivity contribution is 14.0. The van der Waals surface area contributed by atoms with Crippen LogP contribution in [0.5, 0.6) is 11.5 Å². The molecule has 3 rings (SSSR count). The molecular formula is C24H32IN5O2. The van der Waals surface area contributed by atoms with E-state index < -0.39 is 0 Å². The number of guanidine groups is 1. The van der Waals surface area contributed by atoms with E-state index in [1.165, 1.54) is 5.56 Å². The summed E-state index contributed by atoms with van der Waals surface area (Å²) in [5.41, 5.74) is 3.36. The van der Waals surface area contributed by atoms with E-state index >= 15 is 0 Å². The Labute approximate surface area is 207 Å². The van der Waals surface area contributed by atoms with Gasteiger partial charge >= 0.3 is 0 Å². The first kappa shape index (κ1) is 25.5. The third-order valence-electron chi connectivity index (χ3n) is 5.05. The summed E-state index contributed by atoms with van der Waals surface area (Å²) in [6, 6.07) is 16.2. The van der Waals surface area contributed by atoms with Crippen molar-refractivity contribution in [2.45, 2.75) is 19.4 Å². The zero-order valence-electron chi connectivity index (χ0n) is 19.1. The zero-order valence-corrected chi connectivity index (χ0v) is 21.4. The van der Waals surface area contributed by atoms with Crippen LogP contribution in [0, 0.1) is 0 Å². The Morgan fingerprint density at radius 3 is 2.53 bits per heavy atom. The van der Waals surface area contributed by atoms with Crippen LogP contribution in [0.2, 0.25) is 0 Å². The molecule has 0 saturated carbocycles. The van der Waals surface area contributed by atoms with Crippen LogP contribution < -0.4 is 14.8 Å². The van der Waals surface area contributed by atoms with Crippen molar-refractivity contribution in [1.29, 1.82) is 0 Å². The summed E-state index contributed by atoms with van der Waals surface area (Å²) < 4.78 is 10.7. The van der Waals surface area contributed by atoms with Crippen LogP contribution >= 0.6 is 24.0 Å². The van der Waals surface area contributed by atoms with Crippen LogP contribution in [0.25, 0.3) is 11.3 Å². The second-order valence-corrected chi connectivity index (χ2v) is 7.23. The van der Waals surface area contributed by atoms with Crippen molar-refractivity contribution in [2.24, 2.45) is 4.99 Å². The lowest BCUT2D eigenvalue weighted by atomic mass is 10.1. The largest absolute Gasteiger partial charge is 0.493 e. The summed E-state index contributed by atoms with van der Waals surface area (Å²) >= 11 is 0. The molecule has 1 heterocycles. The number of nitrogens with zero attached hydrogens (tertiary/aromatic N) is 3. The number of halogens is 1. The van der Waals surface area contributed by atoms with Crippen LogP contribution in [-0.4, -0.2) is 55.7 Å². The minimum Gasteiger partial charge on any atom is -0.493 e. The maximum absolute atomic E-state index is 5.38. The highest BCUT2D eigenvalue weighted by Crippen LogP contribution is 2.27. The Bertz CT molecular complexity index is 991. The minimum atomic E-state index is 0. The molecule has 0 fully saturated rings. The number of nitrogens with one attached hydrogen (secondary N) is 2. The van der Waals surface area contributed by atoms with Crippen molar-refractivity contribution in [3.05, 3.63) is 66.1 Å². The number of ether oxygens (including phenoxy) is 2. The smallest absolute Gasteiger partial charge is 0.193 e. The maximum atomic E-state index is 5.38. The van der Waals surface area contributed by atoms with Gasteiger partial charge in [-0.3, -0.25) is 4.99 Å². The fourth-order valence-corrected chi connectivity index (χ4v) is 3.42. The van der Waals surface area contributed by atoms with Gasteiger partial charge in [0.25, 0.3) is 0 Å². The maximum Gasteiger partial charge on any atom is 0.193 e. The van der Waals surface area contributed by atoms with Gasteiger partial charge in [0.1, 0.15) is 5.82 Å². The summed E-state index contributed by atoms with van der Waals surface area (Å²) in [5, 5.41) is 3.43. The van der Waals surface area contributed by atoms with Gasteiger partial charge in [-0.1, -0.05) is 36.4 Å². The molecule has 0 saturated heterocycles. The summed E-state index contributed by atoms with van der Waals surface area (Å²) in [5.74, 6) is 3.25. The van der Waals surface area contributed by atoms with Crippen molar-refractivity contribution in [1.82, 2.24) is 20.2 Å². The van der Waals surface area contributed by atoms with Gasteiger partial charge in [0.05, 0.1) is 32.7 Å². The van der Waals surface area contributed by atoms with E-state index in [1.807, 2.05) is 43.6 Å². The molecule has 2 aromatic carbocycles. The molecule has 8 heteroatoms. The highest BCUT2D eigenvalue weighted by Gasteiger charge is 2.10. The molecule has 0 aliphatic rings. The van der Waals surface area contributed by atoms with Crippen LogP contribution in [0.1, 0.15) is 17.8 Å². The molecule has 3 aromatic rings. The lowest BCUT2D eigenvalue weighted by Crippen LogP contribution is -2.39. The van der Waals surface area contributed by atoms with Gasteiger partial charge in [-0.15, -0.1) is 24.0 Å².